The quantitative estimate of drug-likeness (QED) is 0.395. The van der Waals surface area contributed by atoms with Crippen LogP contribution in [-0.2, 0) is 16.0 Å². The highest BCUT2D eigenvalue weighted by molar-refractivity contribution is 5.66. The summed E-state index contributed by atoms with van der Waals surface area (Å²) in [7, 11) is 0. The van der Waals surface area contributed by atoms with E-state index in [1.54, 1.807) is 0 Å². The van der Waals surface area contributed by atoms with E-state index in [1.165, 1.54) is 63.9 Å². The molecule has 122 valence electrons. The first-order valence-electron chi connectivity index (χ1n) is 8.61. The molecule has 0 amide bonds. The molecule has 1 rings (SSSR count). The molecule has 1 aromatic carbocycles. The molecular weight excluding hydrogens is 272 g/mol. The van der Waals surface area contributed by atoms with Crippen LogP contribution in [0.15, 0.2) is 30.3 Å². The number of aryl methyl sites for hydroxylation is 1. The highest BCUT2D eigenvalue weighted by Gasteiger charge is 1.95. The van der Waals surface area contributed by atoms with Crippen molar-refractivity contribution in [1.29, 1.82) is 0 Å². The van der Waals surface area contributed by atoms with E-state index in [0.717, 1.165) is 5.56 Å². The first kappa shape index (κ1) is 18.5. The van der Waals surface area contributed by atoms with Gasteiger partial charge in [-0.3, -0.25) is 4.79 Å². The maximum atomic E-state index is 10.6. The van der Waals surface area contributed by atoms with E-state index in [9.17, 15) is 4.79 Å². The molecule has 2 heteroatoms. The van der Waals surface area contributed by atoms with Gasteiger partial charge in [0.15, 0.2) is 0 Å². The normalized spacial score (nSPS) is 11.0. The van der Waals surface area contributed by atoms with Gasteiger partial charge in [0, 0.05) is 6.92 Å². The van der Waals surface area contributed by atoms with Crippen molar-refractivity contribution in [3.8, 4) is 0 Å². The molecule has 0 fully saturated rings. The zero-order chi connectivity index (χ0) is 16.0. The molecule has 0 atom stereocenters. The van der Waals surface area contributed by atoms with E-state index in [4.69, 9.17) is 4.74 Å². The topological polar surface area (TPSA) is 26.3 Å². The smallest absolute Gasteiger partial charge is 0.302 e. The third-order valence-corrected chi connectivity index (χ3v) is 3.74. The van der Waals surface area contributed by atoms with E-state index in [2.05, 4.69) is 31.2 Å². The van der Waals surface area contributed by atoms with Crippen molar-refractivity contribution in [1.82, 2.24) is 0 Å². The third-order valence-electron chi connectivity index (χ3n) is 3.74. The summed E-state index contributed by atoms with van der Waals surface area (Å²) >= 11 is 0. The van der Waals surface area contributed by atoms with Crippen LogP contribution < -0.4 is 0 Å². The summed E-state index contributed by atoms with van der Waals surface area (Å²) in [6, 6.07) is 8.65. The average Bonchev–Trinajstić information content (AvgIpc) is 2.52. The Morgan fingerprint density at radius 1 is 1.00 bits per heavy atom. The second-order valence-corrected chi connectivity index (χ2v) is 5.82. The van der Waals surface area contributed by atoms with E-state index < -0.39 is 0 Å². The Kier molecular flexibility index (Phi) is 10.1. The number of ether oxygens (including phenoxy) is 1. The molecule has 0 bridgehead atoms. The Morgan fingerprint density at radius 2 is 1.64 bits per heavy atom. The fourth-order valence-corrected chi connectivity index (χ4v) is 2.43. The summed E-state index contributed by atoms with van der Waals surface area (Å²) in [4.78, 5) is 10.6. The lowest BCUT2D eigenvalue weighted by Gasteiger charge is -2.03. The molecule has 0 spiro atoms. The van der Waals surface area contributed by atoms with Gasteiger partial charge >= 0.3 is 5.97 Å². The molecular formula is C20H30O2. The maximum Gasteiger partial charge on any atom is 0.302 e. The first-order valence-corrected chi connectivity index (χ1v) is 8.61. The molecule has 0 saturated carbocycles. The Bertz CT molecular complexity index is 432. The van der Waals surface area contributed by atoms with Crippen molar-refractivity contribution in [3.05, 3.63) is 41.5 Å². The average molecular weight is 302 g/mol. The van der Waals surface area contributed by atoms with Crippen LogP contribution >= 0.6 is 0 Å². The van der Waals surface area contributed by atoms with Crippen LogP contribution in [0.1, 0.15) is 69.9 Å². The third kappa shape index (κ3) is 9.38. The molecule has 2 nitrogen and oxygen atoms in total. The molecule has 1 aromatic rings. The van der Waals surface area contributed by atoms with Crippen LogP contribution in [0, 0.1) is 0 Å². The SMILES string of the molecule is CCCCCCCCCc1ccc(/C=C/COC(C)=O)cc1. The standard InChI is InChI=1S/C20H30O2/c1-3-4-5-6-7-8-9-11-19-13-15-20(16-14-19)12-10-17-22-18(2)21/h10,12-16H,3-9,11,17H2,1-2H3/b12-10+. The predicted molar refractivity (Wildman–Crippen MR) is 93.8 cm³/mol. The van der Waals surface area contributed by atoms with Crippen molar-refractivity contribution in [3.63, 3.8) is 0 Å². The minimum absolute atomic E-state index is 0.241. The number of benzene rings is 1. The van der Waals surface area contributed by atoms with Gasteiger partial charge in [-0.1, -0.05) is 75.8 Å². The van der Waals surface area contributed by atoms with Crippen molar-refractivity contribution >= 4 is 12.0 Å². The summed E-state index contributed by atoms with van der Waals surface area (Å²) in [5, 5.41) is 0. The van der Waals surface area contributed by atoms with Crippen LogP contribution in [0.4, 0.5) is 0 Å². The second kappa shape index (κ2) is 12.0. The lowest BCUT2D eigenvalue weighted by molar-refractivity contribution is -0.139. The van der Waals surface area contributed by atoms with Gasteiger partial charge in [-0.25, -0.2) is 0 Å². The van der Waals surface area contributed by atoms with Crippen LogP contribution in [0.2, 0.25) is 0 Å². The van der Waals surface area contributed by atoms with Gasteiger partial charge in [-0.2, -0.15) is 0 Å². The Morgan fingerprint density at radius 3 is 2.27 bits per heavy atom. The Balaban J connectivity index is 2.17. The van der Waals surface area contributed by atoms with E-state index in [-0.39, 0.29) is 5.97 Å². The van der Waals surface area contributed by atoms with Crippen molar-refractivity contribution in [2.45, 2.75) is 65.2 Å². The van der Waals surface area contributed by atoms with Gasteiger partial charge < -0.3 is 4.74 Å². The molecule has 0 radical (unpaired) electrons. The molecule has 0 aliphatic heterocycles. The minimum Gasteiger partial charge on any atom is -0.462 e. The molecule has 0 aliphatic carbocycles. The largest absolute Gasteiger partial charge is 0.462 e. The number of carbonyl (C=O) groups excluding carboxylic acids is 1. The lowest BCUT2D eigenvalue weighted by Crippen LogP contribution is -1.97. The molecule has 0 unspecified atom stereocenters. The lowest BCUT2D eigenvalue weighted by atomic mass is 10.0. The highest BCUT2D eigenvalue weighted by Crippen LogP contribution is 2.12. The van der Waals surface area contributed by atoms with Crippen molar-refractivity contribution in [2.75, 3.05) is 6.61 Å². The molecule has 0 aromatic heterocycles. The highest BCUT2D eigenvalue weighted by atomic mass is 16.5. The van der Waals surface area contributed by atoms with Crippen LogP contribution in [0.25, 0.3) is 6.08 Å². The fourth-order valence-electron chi connectivity index (χ4n) is 2.43. The number of rotatable bonds is 11. The first-order chi connectivity index (χ1) is 10.7. The molecule has 0 aliphatic rings. The number of carbonyl (C=O) groups is 1. The zero-order valence-corrected chi connectivity index (χ0v) is 14.1. The number of unbranched alkanes of at least 4 members (excludes halogenated alkanes) is 6. The van der Waals surface area contributed by atoms with Crippen molar-refractivity contribution < 1.29 is 9.53 Å². The van der Waals surface area contributed by atoms with Crippen molar-refractivity contribution in [2.24, 2.45) is 0 Å². The Hall–Kier alpha value is -1.57. The molecule has 0 heterocycles. The molecule has 0 saturated heterocycles. The van der Waals surface area contributed by atoms with E-state index in [1.807, 2.05) is 12.2 Å². The predicted octanol–water partition coefficient (Wildman–Crippen LogP) is 5.56. The summed E-state index contributed by atoms with van der Waals surface area (Å²) in [6.07, 6.45) is 14.5. The van der Waals surface area contributed by atoms with Gasteiger partial charge in [0.25, 0.3) is 0 Å². The van der Waals surface area contributed by atoms with Crippen LogP contribution in [0.5, 0.6) is 0 Å². The van der Waals surface area contributed by atoms with E-state index in [0.29, 0.717) is 6.61 Å². The molecule has 0 N–H and O–H groups in total. The summed E-state index contributed by atoms with van der Waals surface area (Å²) in [5.74, 6) is -0.241. The zero-order valence-electron chi connectivity index (χ0n) is 14.1. The Labute approximate surface area is 135 Å². The van der Waals surface area contributed by atoms with Gasteiger partial charge in [-0.05, 0) is 30.0 Å². The van der Waals surface area contributed by atoms with Gasteiger partial charge in [0.2, 0.25) is 0 Å². The maximum absolute atomic E-state index is 10.6. The second-order valence-electron chi connectivity index (χ2n) is 5.82. The summed E-state index contributed by atoms with van der Waals surface area (Å²) in [6.45, 7) is 4.02. The van der Waals surface area contributed by atoms with E-state index >= 15 is 0 Å². The fraction of sp³-hybridized carbons (Fsp3) is 0.550. The summed E-state index contributed by atoms with van der Waals surface area (Å²) < 4.78 is 4.86. The van der Waals surface area contributed by atoms with Gasteiger partial charge in [0.1, 0.15) is 6.61 Å². The number of hydrogen-bond donors (Lipinski definition) is 0. The number of hydrogen-bond acceptors (Lipinski definition) is 2. The molecule has 22 heavy (non-hydrogen) atoms. The summed E-state index contributed by atoms with van der Waals surface area (Å²) in [5.41, 5.74) is 2.56. The minimum atomic E-state index is -0.241. The monoisotopic (exact) mass is 302 g/mol. The van der Waals surface area contributed by atoms with Gasteiger partial charge in [-0.15, -0.1) is 0 Å². The number of esters is 1. The van der Waals surface area contributed by atoms with Crippen LogP contribution in [-0.4, -0.2) is 12.6 Å². The van der Waals surface area contributed by atoms with Crippen LogP contribution in [0.3, 0.4) is 0 Å². The van der Waals surface area contributed by atoms with Gasteiger partial charge in [0.05, 0.1) is 0 Å².